The molecule has 4 heterocycles. The van der Waals surface area contributed by atoms with Crippen LogP contribution in [0, 0.1) is 0 Å². The molecule has 0 saturated carbocycles. The van der Waals surface area contributed by atoms with Gasteiger partial charge in [-0.2, -0.15) is 0 Å². The number of fused-ring (bicyclic) bond motifs is 1. The summed E-state index contributed by atoms with van der Waals surface area (Å²) in [4.78, 5) is 33.4. The lowest BCUT2D eigenvalue weighted by molar-refractivity contribution is 0.0720. The van der Waals surface area contributed by atoms with Gasteiger partial charge in [0, 0.05) is 57.2 Å². The summed E-state index contributed by atoms with van der Waals surface area (Å²) < 4.78 is 1.44. The summed E-state index contributed by atoms with van der Waals surface area (Å²) in [6, 6.07) is 9.56. The Balaban J connectivity index is 1.51. The largest absolute Gasteiger partial charge is 0.333 e. The summed E-state index contributed by atoms with van der Waals surface area (Å²) in [7, 11) is 1.66. The molecule has 0 aliphatic carbocycles. The molecule has 4 rings (SSSR count). The normalized spacial score (nSPS) is 23.0. The van der Waals surface area contributed by atoms with Gasteiger partial charge in [-0.15, -0.1) is 0 Å². The Labute approximate surface area is 146 Å². The van der Waals surface area contributed by atoms with Crippen LogP contribution in [-0.4, -0.2) is 50.4 Å². The van der Waals surface area contributed by atoms with Gasteiger partial charge in [-0.3, -0.25) is 19.5 Å². The molecule has 2 aliphatic heterocycles. The summed E-state index contributed by atoms with van der Waals surface area (Å²) in [6.45, 7) is 2.61. The number of carbonyl (C=O) groups is 1. The molecular weight excluding hydrogens is 316 g/mol. The van der Waals surface area contributed by atoms with Crippen LogP contribution in [-0.2, 0) is 13.6 Å². The molecule has 2 saturated heterocycles. The molecule has 0 radical (unpaired) electrons. The molecular formula is C19H22N4O2. The number of hydrogen-bond acceptors (Lipinski definition) is 4. The van der Waals surface area contributed by atoms with E-state index in [0.717, 1.165) is 32.5 Å². The second-order valence-electron chi connectivity index (χ2n) is 6.85. The monoisotopic (exact) mass is 338 g/mol. The molecule has 0 spiro atoms. The standard InChI is InChI=1S/C19H22N4O2/c1-21-17(5-2-6-18(21)24)19(25)23-11-8-15-16(23)7-10-22(15)13-14-4-3-9-20-12-14/h2-6,9,12,15-16H,7-8,10-11,13H2,1H3/t15-,16+/m0/s1. The predicted molar refractivity (Wildman–Crippen MR) is 94.2 cm³/mol. The molecule has 2 atom stereocenters. The maximum Gasteiger partial charge on any atom is 0.270 e. The van der Waals surface area contributed by atoms with E-state index in [1.165, 1.54) is 16.2 Å². The predicted octanol–water partition coefficient (Wildman–Crippen LogP) is 1.27. The molecule has 6 nitrogen and oxygen atoms in total. The fraction of sp³-hybridized carbons (Fsp3) is 0.421. The molecule has 0 bridgehead atoms. The number of pyridine rings is 2. The van der Waals surface area contributed by atoms with Gasteiger partial charge in [0.15, 0.2) is 0 Å². The minimum absolute atomic E-state index is 0.0315. The Morgan fingerprint density at radius 3 is 2.80 bits per heavy atom. The van der Waals surface area contributed by atoms with E-state index in [-0.39, 0.29) is 17.5 Å². The number of likely N-dealkylation sites (tertiary alicyclic amines) is 2. The SMILES string of the molecule is Cn1c(C(=O)N2CC[C@H]3[C@H]2CCN3Cc2cccnc2)cccc1=O. The number of nitrogens with zero attached hydrogens (tertiary/aromatic N) is 4. The zero-order valence-corrected chi connectivity index (χ0v) is 14.3. The van der Waals surface area contributed by atoms with Crippen molar-refractivity contribution in [2.24, 2.45) is 7.05 Å². The van der Waals surface area contributed by atoms with Crippen LogP contribution in [0.25, 0.3) is 0 Å². The maximum atomic E-state index is 13.0. The van der Waals surface area contributed by atoms with E-state index >= 15 is 0 Å². The van der Waals surface area contributed by atoms with E-state index < -0.39 is 0 Å². The minimum Gasteiger partial charge on any atom is -0.333 e. The Bertz CT molecular complexity index is 833. The van der Waals surface area contributed by atoms with E-state index in [4.69, 9.17) is 0 Å². The Morgan fingerprint density at radius 1 is 1.16 bits per heavy atom. The van der Waals surface area contributed by atoms with E-state index in [1.54, 1.807) is 25.4 Å². The molecule has 6 heteroatoms. The summed E-state index contributed by atoms with van der Waals surface area (Å²) in [5, 5.41) is 0. The van der Waals surface area contributed by atoms with Gasteiger partial charge in [-0.25, -0.2) is 0 Å². The number of rotatable bonds is 3. The molecule has 2 aliphatic rings. The summed E-state index contributed by atoms with van der Waals surface area (Å²) in [6.07, 6.45) is 5.66. The highest BCUT2D eigenvalue weighted by atomic mass is 16.2. The second kappa shape index (κ2) is 6.44. The summed E-state index contributed by atoms with van der Waals surface area (Å²) in [5.74, 6) is -0.0315. The van der Waals surface area contributed by atoms with Crippen LogP contribution in [0.3, 0.4) is 0 Å². The fourth-order valence-corrected chi connectivity index (χ4v) is 4.18. The quantitative estimate of drug-likeness (QED) is 0.846. The molecule has 25 heavy (non-hydrogen) atoms. The van der Waals surface area contributed by atoms with E-state index in [2.05, 4.69) is 16.0 Å². The highest BCUT2D eigenvalue weighted by molar-refractivity contribution is 5.93. The van der Waals surface area contributed by atoms with Gasteiger partial charge >= 0.3 is 0 Å². The zero-order chi connectivity index (χ0) is 17.4. The molecule has 0 aromatic carbocycles. The van der Waals surface area contributed by atoms with Crippen LogP contribution < -0.4 is 5.56 Å². The third-order valence-electron chi connectivity index (χ3n) is 5.46. The second-order valence-corrected chi connectivity index (χ2v) is 6.85. The van der Waals surface area contributed by atoms with Gasteiger partial charge in [0.1, 0.15) is 5.69 Å². The summed E-state index contributed by atoms with van der Waals surface area (Å²) >= 11 is 0. The van der Waals surface area contributed by atoms with Crippen molar-refractivity contribution in [1.29, 1.82) is 0 Å². The van der Waals surface area contributed by atoms with Crippen molar-refractivity contribution >= 4 is 5.91 Å². The smallest absolute Gasteiger partial charge is 0.270 e. The van der Waals surface area contributed by atoms with Gasteiger partial charge in [-0.1, -0.05) is 12.1 Å². The lowest BCUT2D eigenvalue weighted by atomic mass is 10.1. The van der Waals surface area contributed by atoms with Crippen LogP contribution >= 0.6 is 0 Å². The average molecular weight is 338 g/mol. The van der Waals surface area contributed by atoms with Crippen LogP contribution in [0.2, 0.25) is 0 Å². The van der Waals surface area contributed by atoms with Crippen molar-refractivity contribution in [1.82, 2.24) is 19.4 Å². The Hall–Kier alpha value is -2.47. The van der Waals surface area contributed by atoms with Gasteiger partial charge in [0.05, 0.1) is 0 Å². The molecule has 1 amide bonds. The lowest BCUT2D eigenvalue weighted by Crippen LogP contribution is -2.41. The van der Waals surface area contributed by atoms with Crippen molar-refractivity contribution < 1.29 is 4.79 Å². The van der Waals surface area contributed by atoms with E-state index in [1.807, 2.05) is 17.2 Å². The van der Waals surface area contributed by atoms with Crippen LogP contribution in [0.15, 0.2) is 47.5 Å². The summed E-state index contributed by atoms with van der Waals surface area (Å²) in [5.41, 5.74) is 1.53. The molecule has 2 aromatic rings. The van der Waals surface area contributed by atoms with Crippen LogP contribution in [0.4, 0.5) is 0 Å². The van der Waals surface area contributed by atoms with Gasteiger partial charge in [0.25, 0.3) is 11.5 Å². The average Bonchev–Trinajstić information content (AvgIpc) is 3.21. The number of carbonyl (C=O) groups excluding carboxylic acids is 1. The molecule has 0 N–H and O–H groups in total. The highest BCUT2D eigenvalue weighted by Crippen LogP contribution is 2.33. The highest BCUT2D eigenvalue weighted by Gasteiger charge is 2.44. The Kier molecular flexibility index (Phi) is 4.13. The van der Waals surface area contributed by atoms with Gasteiger partial charge < -0.3 is 9.47 Å². The first-order valence-corrected chi connectivity index (χ1v) is 8.75. The van der Waals surface area contributed by atoms with Crippen molar-refractivity contribution in [2.75, 3.05) is 13.1 Å². The lowest BCUT2D eigenvalue weighted by Gasteiger charge is -2.26. The number of hydrogen-bond donors (Lipinski definition) is 0. The zero-order valence-electron chi connectivity index (χ0n) is 14.3. The third-order valence-corrected chi connectivity index (χ3v) is 5.46. The minimum atomic E-state index is -0.147. The van der Waals surface area contributed by atoms with Crippen molar-refractivity contribution in [3.05, 3.63) is 64.3 Å². The van der Waals surface area contributed by atoms with Gasteiger partial charge in [-0.05, 0) is 30.5 Å². The molecule has 2 aromatic heterocycles. The molecule has 0 unspecified atom stereocenters. The first-order valence-electron chi connectivity index (χ1n) is 8.75. The number of aromatic nitrogens is 2. The maximum absolute atomic E-state index is 13.0. The van der Waals surface area contributed by atoms with Crippen molar-refractivity contribution in [3.63, 3.8) is 0 Å². The van der Waals surface area contributed by atoms with E-state index in [0.29, 0.717) is 11.7 Å². The van der Waals surface area contributed by atoms with Crippen LogP contribution in [0.5, 0.6) is 0 Å². The first-order chi connectivity index (χ1) is 12.1. The van der Waals surface area contributed by atoms with E-state index in [9.17, 15) is 9.59 Å². The first kappa shape index (κ1) is 16.0. The molecule has 2 fully saturated rings. The van der Waals surface area contributed by atoms with Crippen LogP contribution in [0.1, 0.15) is 28.9 Å². The fourth-order valence-electron chi connectivity index (χ4n) is 4.18. The Morgan fingerprint density at radius 2 is 2.00 bits per heavy atom. The van der Waals surface area contributed by atoms with Crippen molar-refractivity contribution in [2.45, 2.75) is 31.5 Å². The van der Waals surface area contributed by atoms with Gasteiger partial charge in [0.2, 0.25) is 0 Å². The number of amides is 1. The molecule has 130 valence electrons. The van der Waals surface area contributed by atoms with Crippen molar-refractivity contribution in [3.8, 4) is 0 Å². The topological polar surface area (TPSA) is 58.4 Å². The third kappa shape index (κ3) is 2.87.